The molecule has 1 unspecified atom stereocenters. The molecule has 12 heavy (non-hydrogen) atoms. The molecule has 0 saturated heterocycles. The van der Waals surface area contributed by atoms with Crippen LogP contribution in [0.2, 0.25) is 0 Å². The number of aliphatic hydroxyl groups excluding tert-OH is 1. The molecule has 0 aromatic carbocycles. The summed E-state index contributed by atoms with van der Waals surface area (Å²) >= 11 is 0. The Morgan fingerprint density at radius 3 is 2.58 bits per heavy atom. The van der Waals surface area contributed by atoms with E-state index < -0.39 is 6.10 Å². The van der Waals surface area contributed by atoms with Gasteiger partial charge < -0.3 is 9.84 Å². The fourth-order valence-electron chi connectivity index (χ4n) is 0.546. The van der Waals surface area contributed by atoms with Gasteiger partial charge in [-0.15, -0.1) is 0 Å². The van der Waals surface area contributed by atoms with Gasteiger partial charge >= 0.3 is 0 Å². The van der Waals surface area contributed by atoms with Gasteiger partial charge in [0.1, 0.15) is 6.61 Å². The highest BCUT2D eigenvalue weighted by molar-refractivity contribution is 5.00. The molecule has 0 bridgehead atoms. The van der Waals surface area contributed by atoms with E-state index in [1.165, 1.54) is 0 Å². The summed E-state index contributed by atoms with van der Waals surface area (Å²) in [7, 11) is 3.93. The van der Waals surface area contributed by atoms with Crippen molar-refractivity contribution >= 4 is 0 Å². The zero-order valence-electron chi connectivity index (χ0n) is 8.00. The van der Waals surface area contributed by atoms with Crippen LogP contribution in [0.15, 0.2) is 0 Å². The van der Waals surface area contributed by atoms with Crippen LogP contribution in [0.5, 0.6) is 0 Å². The van der Waals surface area contributed by atoms with Gasteiger partial charge in [-0.1, -0.05) is 11.8 Å². The van der Waals surface area contributed by atoms with Crippen LogP contribution in [-0.2, 0) is 4.74 Å². The Bertz CT molecular complexity index is 156. The van der Waals surface area contributed by atoms with E-state index >= 15 is 0 Å². The summed E-state index contributed by atoms with van der Waals surface area (Å²) in [4.78, 5) is 1.99. The third kappa shape index (κ3) is 9.44. The first-order chi connectivity index (χ1) is 5.63. The second-order valence-electron chi connectivity index (χ2n) is 2.96. The molecule has 0 saturated carbocycles. The van der Waals surface area contributed by atoms with Gasteiger partial charge in [0, 0.05) is 0 Å². The molecule has 1 N–H and O–H groups in total. The average Bonchev–Trinajstić information content (AvgIpc) is 1.95. The predicted molar refractivity (Wildman–Crippen MR) is 48.8 cm³/mol. The van der Waals surface area contributed by atoms with Crippen molar-refractivity contribution in [1.29, 1.82) is 0 Å². The number of rotatable bonds is 4. The molecule has 1 atom stereocenters. The molecule has 0 radical (unpaired) electrons. The van der Waals surface area contributed by atoms with Crippen molar-refractivity contribution < 1.29 is 9.84 Å². The van der Waals surface area contributed by atoms with Crippen LogP contribution in [0.25, 0.3) is 0 Å². The molecule has 0 aliphatic carbocycles. The summed E-state index contributed by atoms with van der Waals surface area (Å²) in [6, 6.07) is 0. The van der Waals surface area contributed by atoms with Crippen LogP contribution in [0.3, 0.4) is 0 Å². The lowest BCUT2D eigenvalue weighted by Crippen LogP contribution is -2.12. The van der Waals surface area contributed by atoms with Gasteiger partial charge in [0.05, 0.1) is 19.3 Å². The lowest BCUT2D eigenvalue weighted by Gasteiger charge is -2.02. The van der Waals surface area contributed by atoms with E-state index in [0.29, 0.717) is 13.2 Å². The third-order valence-corrected chi connectivity index (χ3v) is 1.05. The van der Waals surface area contributed by atoms with E-state index in [1.807, 2.05) is 19.0 Å². The maximum absolute atomic E-state index is 8.82. The van der Waals surface area contributed by atoms with Gasteiger partial charge in [-0.25, -0.2) is 0 Å². The van der Waals surface area contributed by atoms with Gasteiger partial charge in [0.15, 0.2) is 0 Å². The summed E-state index contributed by atoms with van der Waals surface area (Å²) < 4.78 is 5.03. The van der Waals surface area contributed by atoms with Gasteiger partial charge in [0.2, 0.25) is 0 Å². The van der Waals surface area contributed by atoms with Crippen molar-refractivity contribution in [3.05, 3.63) is 0 Å². The van der Waals surface area contributed by atoms with E-state index in [1.54, 1.807) is 6.92 Å². The highest BCUT2D eigenvalue weighted by Gasteiger charge is 1.91. The van der Waals surface area contributed by atoms with Crippen LogP contribution in [-0.4, -0.2) is 50.0 Å². The van der Waals surface area contributed by atoms with Gasteiger partial charge in [-0.2, -0.15) is 0 Å². The molecular formula is C9H17NO2. The summed E-state index contributed by atoms with van der Waals surface area (Å²) in [6.45, 7) is 3.20. The van der Waals surface area contributed by atoms with Gasteiger partial charge in [-0.3, -0.25) is 4.90 Å². The quantitative estimate of drug-likeness (QED) is 0.475. The Balaban J connectivity index is 3.22. The van der Waals surface area contributed by atoms with Gasteiger partial charge in [-0.05, 0) is 21.0 Å². The minimum absolute atomic E-state index is 0.358. The monoisotopic (exact) mass is 171 g/mol. The number of nitrogens with zero attached hydrogens (tertiary/aromatic N) is 1. The highest BCUT2D eigenvalue weighted by atomic mass is 16.5. The first-order valence-corrected chi connectivity index (χ1v) is 3.99. The number of ether oxygens (including phenoxy) is 1. The molecule has 3 nitrogen and oxygen atoms in total. The molecule has 0 aliphatic rings. The van der Waals surface area contributed by atoms with Crippen LogP contribution < -0.4 is 0 Å². The minimum atomic E-state index is -0.402. The van der Waals surface area contributed by atoms with Gasteiger partial charge in [0.25, 0.3) is 0 Å². The molecule has 70 valence electrons. The first-order valence-electron chi connectivity index (χ1n) is 3.99. The lowest BCUT2D eigenvalue weighted by atomic mass is 10.4. The summed E-state index contributed by atoms with van der Waals surface area (Å²) in [5.74, 6) is 5.77. The minimum Gasteiger partial charge on any atom is -0.391 e. The smallest absolute Gasteiger partial charge is 0.107 e. The summed E-state index contributed by atoms with van der Waals surface area (Å²) in [5, 5.41) is 8.82. The van der Waals surface area contributed by atoms with E-state index in [4.69, 9.17) is 9.84 Å². The SMILES string of the molecule is CC(O)COCC#CCN(C)C. The lowest BCUT2D eigenvalue weighted by molar-refractivity contribution is 0.0621. The van der Waals surface area contributed by atoms with Crippen molar-refractivity contribution in [3.8, 4) is 11.8 Å². The van der Waals surface area contributed by atoms with Crippen LogP contribution >= 0.6 is 0 Å². The zero-order valence-corrected chi connectivity index (χ0v) is 8.00. The normalized spacial score (nSPS) is 12.4. The van der Waals surface area contributed by atoms with Crippen LogP contribution in [0.1, 0.15) is 6.92 Å². The van der Waals surface area contributed by atoms with Crippen molar-refractivity contribution in [1.82, 2.24) is 4.90 Å². The van der Waals surface area contributed by atoms with Crippen molar-refractivity contribution in [2.24, 2.45) is 0 Å². The number of hydrogen-bond acceptors (Lipinski definition) is 3. The maximum atomic E-state index is 8.82. The molecular weight excluding hydrogens is 154 g/mol. The van der Waals surface area contributed by atoms with E-state index in [-0.39, 0.29) is 0 Å². The number of hydrogen-bond donors (Lipinski definition) is 1. The second kappa shape index (κ2) is 7.11. The summed E-state index contributed by atoms with van der Waals surface area (Å²) in [6.07, 6.45) is -0.402. The fourth-order valence-corrected chi connectivity index (χ4v) is 0.546. The third-order valence-electron chi connectivity index (χ3n) is 1.05. The Kier molecular flexibility index (Phi) is 6.78. The Morgan fingerprint density at radius 1 is 1.42 bits per heavy atom. The zero-order chi connectivity index (χ0) is 9.40. The summed E-state index contributed by atoms with van der Waals surface area (Å²) in [5.41, 5.74) is 0. The molecule has 0 spiro atoms. The molecule has 0 amide bonds. The largest absolute Gasteiger partial charge is 0.391 e. The Morgan fingerprint density at radius 2 is 2.08 bits per heavy atom. The van der Waals surface area contributed by atoms with Crippen molar-refractivity contribution in [2.75, 3.05) is 33.9 Å². The molecule has 0 fully saturated rings. The average molecular weight is 171 g/mol. The van der Waals surface area contributed by atoms with E-state index in [9.17, 15) is 0 Å². The topological polar surface area (TPSA) is 32.7 Å². The Labute approximate surface area is 74.3 Å². The maximum Gasteiger partial charge on any atom is 0.107 e. The standard InChI is InChI=1S/C9H17NO2/c1-9(11)8-12-7-5-4-6-10(2)3/h9,11H,6-8H2,1-3H3. The van der Waals surface area contributed by atoms with E-state index in [2.05, 4.69) is 11.8 Å². The number of aliphatic hydroxyl groups is 1. The first kappa shape index (κ1) is 11.4. The molecule has 0 aliphatic heterocycles. The predicted octanol–water partition coefficient (Wildman–Crippen LogP) is -0.0512. The van der Waals surface area contributed by atoms with Crippen molar-refractivity contribution in [2.45, 2.75) is 13.0 Å². The van der Waals surface area contributed by atoms with Crippen LogP contribution in [0.4, 0.5) is 0 Å². The molecule has 0 heterocycles. The Hall–Kier alpha value is -0.560. The van der Waals surface area contributed by atoms with E-state index in [0.717, 1.165) is 6.54 Å². The molecule has 0 aromatic rings. The highest BCUT2D eigenvalue weighted by Crippen LogP contribution is 1.80. The molecule has 3 heteroatoms. The van der Waals surface area contributed by atoms with Crippen LogP contribution in [0, 0.1) is 11.8 Å². The van der Waals surface area contributed by atoms with Crippen molar-refractivity contribution in [3.63, 3.8) is 0 Å². The molecule has 0 aromatic heterocycles. The molecule has 0 rings (SSSR count). The fraction of sp³-hybridized carbons (Fsp3) is 0.778. The second-order valence-corrected chi connectivity index (χ2v) is 2.96.